The van der Waals surface area contributed by atoms with Gasteiger partial charge in [-0.2, -0.15) is 0 Å². The van der Waals surface area contributed by atoms with Crippen molar-refractivity contribution in [3.63, 3.8) is 0 Å². The SMILES string of the molecule is CCOc1nc(C)c2cc(OC)c(OC)cc2c1C(=O)OC. The van der Waals surface area contributed by atoms with Crippen LogP contribution in [0.15, 0.2) is 12.1 Å². The number of carbonyl (C=O) groups is 1. The minimum atomic E-state index is -0.506. The summed E-state index contributed by atoms with van der Waals surface area (Å²) in [5.41, 5.74) is 1.01. The highest BCUT2D eigenvalue weighted by Crippen LogP contribution is 2.37. The van der Waals surface area contributed by atoms with Crippen molar-refractivity contribution in [2.24, 2.45) is 0 Å². The third kappa shape index (κ3) is 2.64. The van der Waals surface area contributed by atoms with Gasteiger partial charge in [-0.1, -0.05) is 0 Å². The second kappa shape index (κ2) is 6.51. The van der Waals surface area contributed by atoms with E-state index in [9.17, 15) is 4.79 Å². The molecule has 0 radical (unpaired) electrons. The van der Waals surface area contributed by atoms with Gasteiger partial charge in [0.15, 0.2) is 11.5 Å². The molecule has 0 aliphatic heterocycles. The first-order valence-electron chi connectivity index (χ1n) is 6.84. The van der Waals surface area contributed by atoms with Crippen molar-refractivity contribution in [3.8, 4) is 17.4 Å². The largest absolute Gasteiger partial charge is 0.493 e. The quantitative estimate of drug-likeness (QED) is 0.791. The van der Waals surface area contributed by atoms with Crippen LogP contribution in [0.1, 0.15) is 23.0 Å². The van der Waals surface area contributed by atoms with Crippen LogP contribution in [0.5, 0.6) is 17.4 Å². The van der Waals surface area contributed by atoms with Crippen LogP contribution in [-0.4, -0.2) is 38.9 Å². The fourth-order valence-corrected chi connectivity index (χ4v) is 2.31. The number of esters is 1. The molecule has 0 spiro atoms. The number of fused-ring (bicyclic) bond motifs is 1. The summed E-state index contributed by atoms with van der Waals surface area (Å²) < 4.78 is 21.0. The summed E-state index contributed by atoms with van der Waals surface area (Å²) in [6.45, 7) is 4.07. The van der Waals surface area contributed by atoms with Crippen molar-refractivity contribution in [3.05, 3.63) is 23.4 Å². The number of pyridine rings is 1. The summed E-state index contributed by atoms with van der Waals surface area (Å²) in [6, 6.07) is 3.52. The van der Waals surface area contributed by atoms with Gasteiger partial charge < -0.3 is 18.9 Å². The van der Waals surface area contributed by atoms with Gasteiger partial charge in [-0.15, -0.1) is 0 Å². The zero-order valence-corrected chi connectivity index (χ0v) is 13.4. The van der Waals surface area contributed by atoms with Crippen LogP contribution in [0, 0.1) is 6.92 Å². The number of hydrogen-bond donors (Lipinski definition) is 0. The fraction of sp³-hybridized carbons (Fsp3) is 0.375. The highest BCUT2D eigenvalue weighted by Gasteiger charge is 2.22. The Labute approximate surface area is 129 Å². The first kappa shape index (κ1) is 15.9. The van der Waals surface area contributed by atoms with Crippen LogP contribution in [0.3, 0.4) is 0 Å². The van der Waals surface area contributed by atoms with Gasteiger partial charge in [0.2, 0.25) is 5.88 Å². The van der Waals surface area contributed by atoms with E-state index < -0.39 is 5.97 Å². The van der Waals surface area contributed by atoms with Crippen LogP contribution >= 0.6 is 0 Å². The predicted molar refractivity (Wildman–Crippen MR) is 82.1 cm³/mol. The fourth-order valence-electron chi connectivity index (χ4n) is 2.31. The van der Waals surface area contributed by atoms with E-state index in [1.807, 2.05) is 13.8 Å². The predicted octanol–water partition coefficient (Wildman–Crippen LogP) is 2.75. The van der Waals surface area contributed by atoms with Crippen molar-refractivity contribution in [1.82, 2.24) is 4.98 Å². The van der Waals surface area contributed by atoms with Crippen molar-refractivity contribution in [2.45, 2.75) is 13.8 Å². The first-order chi connectivity index (χ1) is 10.6. The summed E-state index contributed by atoms with van der Waals surface area (Å²) in [5.74, 6) is 0.841. The monoisotopic (exact) mass is 305 g/mol. The number of methoxy groups -OCH3 is 3. The zero-order chi connectivity index (χ0) is 16.3. The molecule has 1 heterocycles. The maximum absolute atomic E-state index is 12.2. The Morgan fingerprint density at radius 2 is 1.68 bits per heavy atom. The molecule has 0 saturated carbocycles. The molecule has 1 aromatic heterocycles. The Morgan fingerprint density at radius 3 is 2.18 bits per heavy atom. The van der Waals surface area contributed by atoms with E-state index in [1.165, 1.54) is 7.11 Å². The molecule has 0 atom stereocenters. The smallest absolute Gasteiger partial charge is 0.344 e. The number of aromatic nitrogens is 1. The van der Waals surface area contributed by atoms with Crippen LogP contribution < -0.4 is 14.2 Å². The Morgan fingerprint density at radius 1 is 1.09 bits per heavy atom. The molecule has 6 nitrogen and oxygen atoms in total. The molecule has 2 aromatic rings. The molecule has 22 heavy (non-hydrogen) atoms. The first-order valence-corrected chi connectivity index (χ1v) is 6.84. The second-order valence-electron chi connectivity index (χ2n) is 4.55. The lowest BCUT2D eigenvalue weighted by atomic mass is 10.0. The number of carbonyl (C=O) groups excluding carboxylic acids is 1. The Kier molecular flexibility index (Phi) is 4.70. The summed E-state index contributed by atoms with van der Waals surface area (Å²) in [4.78, 5) is 16.5. The van der Waals surface area contributed by atoms with Crippen LogP contribution in [-0.2, 0) is 4.74 Å². The topological polar surface area (TPSA) is 66.9 Å². The molecule has 2 rings (SSSR count). The maximum atomic E-state index is 12.2. The lowest BCUT2D eigenvalue weighted by molar-refractivity contribution is 0.0597. The minimum absolute atomic E-state index is 0.256. The van der Waals surface area contributed by atoms with Crippen LogP contribution in [0.4, 0.5) is 0 Å². The number of rotatable bonds is 5. The van der Waals surface area contributed by atoms with Crippen molar-refractivity contribution in [1.29, 1.82) is 0 Å². The molecule has 0 aliphatic carbocycles. The van der Waals surface area contributed by atoms with Crippen LogP contribution in [0.2, 0.25) is 0 Å². The lowest BCUT2D eigenvalue weighted by Gasteiger charge is -2.15. The molecule has 0 fully saturated rings. The molecule has 0 N–H and O–H groups in total. The van der Waals surface area contributed by atoms with Gasteiger partial charge in [-0.3, -0.25) is 0 Å². The average molecular weight is 305 g/mol. The van der Waals surface area contributed by atoms with Crippen molar-refractivity contribution >= 4 is 16.7 Å². The van der Waals surface area contributed by atoms with Crippen LogP contribution in [0.25, 0.3) is 10.8 Å². The third-order valence-electron chi connectivity index (χ3n) is 3.34. The molecular formula is C16H19NO5. The van der Waals surface area contributed by atoms with E-state index in [-0.39, 0.29) is 11.4 Å². The lowest BCUT2D eigenvalue weighted by Crippen LogP contribution is -2.09. The van der Waals surface area contributed by atoms with E-state index in [0.29, 0.717) is 23.5 Å². The van der Waals surface area contributed by atoms with Crippen molar-refractivity contribution < 1.29 is 23.7 Å². The molecule has 0 bridgehead atoms. The molecule has 0 amide bonds. The number of nitrogens with zero attached hydrogens (tertiary/aromatic N) is 1. The maximum Gasteiger partial charge on any atom is 0.344 e. The minimum Gasteiger partial charge on any atom is -0.493 e. The normalized spacial score (nSPS) is 10.4. The summed E-state index contributed by atoms with van der Waals surface area (Å²) in [7, 11) is 4.42. The Balaban J connectivity index is 2.87. The Bertz CT molecular complexity index is 711. The van der Waals surface area contributed by atoms with E-state index in [0.717, 1.165) is 11.1 Å². The number of hydrogen-bond acceptors (Lipinski definition) is 6. The summed E-state index contributed by atoms with van der Waals surface area (Å²) in [5, 5.41) is 1.43. The van der Waals surface area contributed by atoms with Gasteiger partial charge in [-0.05, 0) is 26.0 Å². The molecule has 118 valence electrons. The molecule has 0 aliphatic rings. The zero-order valence-electron chi connectivity index (χ0n) is 13.4. The van der Waals surface area contributed by atoms with Crippen molar-refractivity contribution in [2.75, 3.05) is 27.9 Å². The standard InChI is InChI=1S/C16H19NO5/c1-6-22-15-14(16(18)21-5)11-8-13(20-4)12(19-3)7-10(11)9(2)17-15/h7-8H,6H2,1-5H3. The van der Waals surface area contributed by atoms with Gasteiger partial charge in [0, 0.05) is 16.5 Å². The Hall–Kier alpha value is -2.50. The molecule has 1 aromatic carbocycles. The summed E-state index contributed by atoms with van der Waals surface area (Å²) in [6.07, 6.45) is 0. The molecule has 0 unspecified atom stereocenters. The highest BCUT2D eigenvalue weighted by atomic mass is 16.5. The van der Waals surface area contributed by atoms with E-state index in [2.05, 4.69) is 4.98 Å². The van der Waals surface area contributed by atoms with E-state index in [4.69, 9.17) is 18.9 Å². The average Bonchev–Trinajstić information content (AvgIpc) is 2.53. The third-order valence-corrected chi connectivity index (χ3v) is 3.34. The van der Waals surface area contributed by atoms with Gasteiger partial charge in [-0.25, -0.2) is 9.78 Å². The molecule has 6 heteroatoms. The van der Waals surface area contributed by atoms with E-state index in [1.54, 1.807) is 26.4 Å². The van der Waals surface area contributed by atoms with Gasteiger partial charge >= 0.3 is 5.97 Å². The van der Waals surface area contributed by atoms with Gasteiger partial charge in [0.1, 0.15) is 5.56 Å². The number of benzene rings is 1. The highest BCUT2D eigenvalue weighted by molar-refractivity contribution is 6.07. The number of aryl methyl sites for hydroxylation is 1. The summed E-state index contributed by atoms with van der Waals surface area (Å²) >= 11 is 0. The molecule has 0 saturated heterocycles. The number of ether oxygens (including phenoxy) is 4. The van der Waals surface area contributed by atoms with Gasteiger partial charge in [0.05, 0.1) is 27.9 Å². The van der Waals surface area contributed by atoms with E-state index >= 15 is 0 Å². The second-order valence-corrected chi connectivity index (χ2v) is 4.55. The van der Waals surface area contributed by atoms with Gasteiger partial charge in [0.25, 0.3) is 0 Å². The molecular weight excluding hydrogens is 286 g/mol.